The van der Waals surface area contributed by atoms with Crippen molar-refractivity contribution in [3.05, 3.63) is 63.4 Å². The maximum absolute atomic E-state index is 14.0. The molecule has 0 saturated heterocycles. The normalized spacial score (nSPS) is 12.2. The third kappa shape index (κ3) is 3.88. The SMILES string of the molecule is CNC(C)c1ccc(OCc2cccc(Cl)c2Cl)c(F)c1. The molecular weight excluding hydrogens is 312 g/mol. The van der Waals surface area contributed by atoms with Crippen LogP contribution in [0.15, 0.2) is 36.4 Å². The molecular formula is C16H16Cl2FNO. The Labute approximate surface area is 133 Å². The number of hydrogen-bond donors (Lipinski definition) is 1. The first-order valence-corrected chi connectivity index (χ1v) is 7.31. The number of ether oxygens (including phenoxy) is 1. The van der Waals surface area contributed by atoms with Gasteiger partial charge in [-0.05, 0) is 37.7 Å². The highest BCUT2D eigenvalue weighted by Crippen LogP contribution is 2.28. The molecule has 1 unspecified atom stereocenters. The molecule has 0 aromatic heterocycles. The smallest absolute Gasteiger partial charge is 0.165 e. The monoisotopic (exact) mass is 327 g/mol. The third-order valence-corrected chi connectivity index (χ3v) is 4.16. The third-order valence-electron chi connectivity index (χ3n) is 3.30. The van der Waals surface area contributed by atoms with Gasteiger partial charge in [-0.15, -0.1) is 0 Å². The van der Waals surface area contributed by atoms with Crippen LogP contribution < -0.4 is 10.1 Å². The molecule has 0 aliphatic heterocycles. The second kappa shape index (κ2) is 7.12. The van der Waals surface area contributed by atoms with Crippen LogP contribution in [0.4, 0.5) is 4.39 Å². The summed E-state index contributed by atoms with van der Waals surface area (Å²) in [5.74, 6) is -0.203. The summed E-state index contributed by atoms with van der Waals surface area (Å²) in [7, 11) is 1.83. The number of benzene rings is 2. The maximum Gasteiger partial charge on any atom is 0.165 e. The molecule has 21 heavy (non-hydrogen) atoms. The Hall–Kier alpha value is -1.29. The van der Waals surface area contributed by atoms with E-state index in [1.54, 1.807) is 24.3 Å². The fourth-order valence-electron chi connectivity index (χ4n) is 1.89. The molecule has 1 atom stereocenters. The predicted octanol–water partition coefficient (Wildman–Crippen LogP) is 4.99. The van der Waals surface area contributed by atoms with Gasteiger partial charge in [0.2, 0.25) is 0 Å². The summed E-state index contributed by atoms with van der Waals surface area (Å²) in [6.45, 7) is 2.12. The summed E-state index contributed by atoms with van der Waals surface area (Å²) < 4.78 is 19.5. The zero-order chi connectivity index (χ0) is 15.4. The van der Waals surface area contributed by atoms with Crippen molar-refractivity contribution in [2.75, 3.05) is 7.05 Å². The van der Waals surface area contributed by atoms with Crippen molar-refractivity contribution < 1.29 is 9.13 Å². The van der Waals surface area contributed by atoms with Gasteiger partial charge in [-0.25, -0.2) is 4.39 Å². The van der Waals surface area contributed by atoms with Gasteiger partial charge in [0.1, 0.15) is 6.61 Å². The van der Waals surface area contributed by atoms with Crippen molar-refractivity contribution in [3.8, 4) is 5.75 Å². The van der Waals surface area contributed by atoms with Crippen molar-refractivity contribution in [1.29, 1.82) is 0 Å². The highest BCUT2D eigenvalue weighted by Gasteiger charge is 2.10. The van der Waals surface area contributed by atoms with Gasteiger partial charge in [-0.3, -0.25) is 0 Å². The first-order chi connectivity index (χ1) is 10.0. The molecule has 0 heterocycles. The molecule has 0 spiro atoms. The number of rotatable bonds is 5. The summed E-state index contributed by atoms with van der Waals surface area (Å²) in [6, 6.07) is 10.3. The second-order valence-electron chi connectivity index (χ2n) is 4.70. The molecule has 2 aromatic rings. The molecule has 0 amide bonds. The zero-order valence-corrected chi connectivity index (χ0v) is 13.3. The Kier molecular flexibility index (Phi) is 5.45. The van der Waals surface area contributed by atoms with Gasteiger partial charge >= 0.3 is 0 Å². The van der Waals surface area contributed by atoms with Gasteiger partial charge in [-0.1, -0.05) is 41.4 Å². The van der Waals surface area contributed by atoms with Crippen LogP contribution in [0.5, 0.6) is 5.75 Å². The van der Waals surface area contributed by atoms with E-state index in [-0.39, 0.29) is 18.4 Å². The lowest BCUT2D eigenvalue weighted by Crippen LogP contribution is -2.12. The first kappa shape index (κ1) is 16.1. The predicted molar refractivity (Wildman–Crippen MR) is 84.7 cm³/mol. The lowest BCUT2D eigenvalue weighted by atomic mass is 10.1. The van der Waals surface area contributed by atoms with Gasteiger partial charge in [0.15, 0.2) is 11.6 Å². The minimum Gasteiger partial charge on any atom is -0.486 e. The molecule has 2 aromatic carbocycles. The Bertz CT molecular complexity index is 634. The van der Waals surface area contributed by atoms with E-state index in [9.17, 15) is 4.39 Å². The maximum atomic E-state index is 14.0. The van der Waals surface area contributed by atoms with E-state index >= 15 is 0 Å². The molecule has 1 N–H and O–H groups in total. The van der Waals surface area contributed by atoms with Crippen LogP contribution in [-0.2, 0) is 6.61 Å². The molecule has 0 aliphatic carbocycles. The number of halogens is 3. The molecule has 2 rings (SSSR count). The van der Waals surface area contributed by atoms with Crippen molar-refractivity contribution >= 4 is 23.2 Å². The Morgan fingerprint density at radius 3 is 2.67 bits per heavy atom. The highest BCUT2D eigenvalue weighted by molar-refractivity contribution is 6.42. The summed E-state index contributed by atoms with van der Waals surface area (Å²) in [5, 5.41) is 3.95. The molecule has 0 saturated carbocycles. The van der Waals surface area contributed by atoms with Crippen LogP contribution >= 0.6 is 23.2 Å². The quantitative estimate of drug-likeness (QED) is 0.835. The number of hydrogen-bond acceptors (Lipinski definition) is 2. The van der Waals surface area contributed by atoms with Crippen molar-refractivity contribution in [3.63, 3.8) is 0 Å². The molecule has 5 heteroatoms. The minimum absolute atomic E-state index is 0.0796. The van der Waals surface area contributed by atoms with Crippen LogP contribution in [0.2, 0.25) is 10.0 Å². The van der Waals surface area contributed by atoms with E-state index in [4.69, 9.17) is 27.9 Å². The second-order valence-corrected chi connectivity index (χ2v) is 5.49. The van der Waals surface area contributed by atoms with Crippen LogP contribution in [0.3, 0.4) is 0 Å². The van der Waals surface area contributed by atoms with E-state index in [0.29, 0.717) is 10.0 Å². The van der Waals surface area contributed by atoms with E-state index in [0.717, 1.165) is 11.1 Å². The molecule has 2 nitrogen and oxygen atoms in total. The molecule has 0 bridgehead atoms. The molecule has 0 radical (unpaired) electrons. The minimum atomic E-state index is -0.396. The zero-order valence-electron chi connectivity index (χ0n) is 11.8. The highest BCUT2D eigenvalue weighted by atomic mass is 35.5. The van der Waals surface area contributed by atoms with Gasteiger partial charge < -0.3 is 10.1 Å². The van der Waals surface area contributed by atoms with E-state index in [2.05, 4.69) is 5.32 Å². The lowest BCUT2D eigenvalue weighted by molar-refractivity contribution is 0.290. The van der Waals surface area contributed by atoms with Crippen molar-refractivity contribution in [2.45, 2.75) is 19.6 Å². The van der Waals surface area contributed by atoms with Crippen LogP contribution in [0.1, 0.15) is 24.1 Å². The van der Waals surface area contributed by atoms with E-state index < -0.39 is 5.82 Å². The Morgan fingerprint density at radius 2 is 2.00 bits per heavy atom. The summed E-state index contributed by atoms with van der Waals surface area (Å²) in [4.78, 5) is 0. The summed E-state index contributed by atoms with van der Waals surface area (Å²) >= 11 is 12.0. The largest absolute Gasteiger partial charge is 0.486 e. The molecule has 112 valence electrons. The van der Waals surface area contributed by atoms with Gasteiger partial charge in [0, 0.05) is 11.6 Å². The van der Waals surface area contributed by atoms with Gasteiger partial charge in [0.25, 0.3) is 0 Å². The van der Waals surface area contributed by atoms with Crippen molar-refractivity contribution in [2.24, 2.45) is 0 Å². The molecule has 0 aliphatic rings. The van der Waals surface area contributed by atoms with Crippen LogP contribution in [0, 0.1) is 5.82 Å². The van der Waals surface area contributed by atoms with Crippen LogP contribution in [-0.4, -0.2) is 7.05 Å². The molecule has 0 fully saturated rings. The average Bonchev–Trinajstić information content (AvgIpc) is 2.49. The summed E-state index contributed by atoms with van der Waals surface area (Å²) in [6.07, 6.45) is 0. The van der Waals surface area contributed by atoms with Crippen molar-refractivity contribution in [1.82, 2.24) is 5.32 Å². The van der Waals surface area contributed by atoms with E-state index in [1.165, 1.54) is 6.07 Å². The first-order valence-electron chi connectivity index (χ1n) is 6.55. The fraction of sp³-hybridized carbons (Fsp3) is 0.250. The average molecular weight is 328 g/mol. The Balaban J connectivity index is 2.12. The van der Waals surface area contributed by atoms with Crippen LogP contribution in [0.25, 0.3) is 0 Å². The van der Waals surface area contributed by atoms with Gasteiger partial charge in [-0.2, -0.15) is 0 Å². The Morgan fingerprint density at radius 1 is 1.24 bits per heavy atom. The summed E-state index contributed by atoms with van der Waals surface area (Å²) in [5.41, 5.74) is 1.58. The standard InChI is InChI=1S/C16H16Cl2FNO/c1-10(20-2)11-6-7-15(14(19)8-11)21-9-12-4-3-5-13(17)16(12)18/h3-8,10,20H,9H2,1-2H3. The van der Waals surface area contributed by atoms with E-state index in [1.807, 2.05) is 20.0 Å². The topological polar surface area (TPSA) is 21.3 Å². The number of nitrogens with one attached hydrogen (secondary N) is 1. The lowest BCUT2D eigenvalue weighted by Gasteiger charge is -2.13. The van der Waals surface area contributed by atoms with Gasteiger partial charge in [0.05, 0.1) is 10.0 Å². The fourth-order valence-corrected chi connectivity index (χ4v) is 2.26.